The summed E-state index contributed by atoms with van der Waals surface area (Å²) in [7, 11) is -4.25. The molecule has 0 spiro atoms. The normalized spacial score (nSPS) is 14.2. The zero-order valence-corrected chi connectivity index (χ0v) is 16.4. The lowest BCUT2D eigenvalue weighted by molar-refractivity contribution is 0.567. The number of aromatic nitrogens is 3. The topological polar surface area (TPSA) is 76.9 Å². The summed E-state index contributed by atoms with van der Waals surface area (Å²) in [4.78, 5) is 7.95. The Labute approximate surface area is 171 Å². The fourth-order valence-corrected chi connectivity index (χ4v) is 4.71. The Morgan fingerprint density at radius 2 is 1.83 bits per heavy atom. The lowest BCUT2D eigenvalue weighted by atomic mass is 10.1. The van der Waals surface area contributed by atoms with E-state index in [1.165, 1.54) is 12.4 Å². The third-order valence-electron chi connectivity index (χ3n) is 5.02. The third-order valence-corrected chi connectivity index (χ3v) is 6.69. The number of halogens is 2. The van der Waals surface area contributed by atoms with E-state index in [-0.39, 0.29) is 11.7 Å². The number of hydrogen-bond donors (Lipinski definition) is 1. The van der Waals surface area contributed by atoms with Crippen LogP contribution in [-0.2, 0) is 10.0 Å². The molecule has 6 nitrogen and oxygen atoms in total. The van der Waals surface area contributed by atoms with Crippen molar-refractivity contribution in [3.8, 4) is 11.3 Å². The van der Waals surface area contributed by atoms with Crippen molar-refractivity contribution in [3.05, 3.63) is 72.8 Å². The van der Waals surface area contributed by atoms with Gasteiger partial charge in [-0.3, -0.25) is 9.97 Å². The molecule has 0 aliphatic heterocycles. The first-order valence-electron chi connectivity index (χ1n) is 9.33. The van der Waals surface area contributed by atoms with Gasteiger partial charge in [-0.15, -0.1) is 0 Å². The van der Waals surface area contributed by atoms with Gasteiger partial charge in [0.05, 0.1) is 22.3 Å². The van der Waals surface area contributed by atoms with Gasteiger partial charge in [-0.25, -0.2) is 21.2 Å². The smallest absolute Gasteiger partial charge is 0.268 e. The summed E-state index contributed by atoms with van der Waals surface area (Å²) in [6.07, 6.45) is 7.64. The summed E-state index contributed by atoms with van der Waals surface area (Å²) >= 11 is 0. The molecule has 9 heteroatoms. The highest BCUT2D eigenvalue weighted by molar-refractivity contribution is 7.90. The molecule has 5 rings (SSSR count). The number of nitrogens with one attached hydrogen (secondary N) is 1. The molecule has 0 radical (unpaired) electrons. The Bertz CT molecular complexity index is 1340. The molecule has 1 aliphatic carbocycles. The number of nitrogens with zero attached hydrogens (tertiary/aromatic N) is 3. The predicted molar refractivity (Wildman–Crippen MR) is 109 cm³/mol. The molecule has 3 aromatic heterocycles. The first-order chi connectivity index (χ1) is 14.4. The Hall–Kier alpha value is -3.33. The van der Waals surface area contributed by atoms with Crippen molar-refractivity contribution in [2.75, 3.05) is 5.32 Å². The summed E-state index contributed by atoms with van der Waals surface area (Å²) in [6, 6.07) is 8.71. The highest BCUT2D eigenvalue weighted by atomic mass is 32.2. The van der Waals surface area contributed by atoms with Crippen molar-refractivity contribution in [1.29, 1.82) is 0 Å². The second-order valence-electron chi connectivity index (χ2n) is 7.13. The van der Waals surface area contributed by atoms with Gasteiger partial charge >= 0.3 is 0 Å². The molecule has 0 atom stereocenters. The Balaban J connectivity index is 1.62. The number of pyridine rings is 2. The standard InChI is InChI=1S/C21H16F2N4O2S/c22-17-9-14(10-18(23)21(17)26-13-4-5-13)30(28,29)27-8-6-15-16(11-24-12-20(15)27)19-3-1-2-7-25-19/h1-3,6-13,26H,4-5H2. The van der Waals surface area contributed by atoms with Crippen LogP contribution >= 0.6 is 0 Å². The molecule has 1 fully saturated rings. The molecule has 1 saturated carbocycles. The second-order valence-corrected chi connectivity index (χ2v) is 8.95. The van der Waals surface area contributed by atoms with Gasteiger partial charge in [-0.2, -0.15) is 0 Å². The largest absolute Gasteiger partial charge is 0.378 e. The third kappa shape index (κ3) is 3.11. The van der Waals surface area contributed by atoms with E-state index >= 15 is 0 Å². The average molecular weight is 426 g/mol. The van der Waals surface area contributed by atoms with Crippen LogP contribution in [0.5, 0.6) is 0 Å². The van der Waals surface area contributed by atoms with E-state index in [0.29, 0.717) is 22.2 Å². The van der Waals surface area contributed by atoms with Gasteiger partial charge in [-0.05, 0) is 43.2 Å². The van der Waals surface area contributed by atoms with Gasteiger partial charge in [0.15, 0.2) is 11.6 Å². The van der Waals surface area contributed by atoms with Crippen molar-refractivity contribution in [2.45, 2.75) is 23.8 Å². The predicted octanol–water partition coefficient (Wildman–Crippen LogP) is 4.19. The van der Waals surface area contributed by atoms with Crippen LogP contribution in [0.4, 0.5) is 14.5 Å². The highest BCUT2D eigenvalue weighted by Gasteiger charge is 2.27. The summed E-state index contributed by atoms with van der Waals surface area (Å²) in [5.41, 5.74) is 1.29. The number of anilines is 1. The molecular formula is C21H16F2N4O2S. The van der Waals surface area contributed by atoms with Crippen LogP contribution in [0.15, 0.2) is 66.1 Å². The van der Waals surface area contributed by atoms with E-state index in [1.54, 1.807) is 30.6 Å². The molecule has 3 heterocycles. The molecule has 1 aliphatic rings. The fraction of sp³-hybridized carbons (Fsp3) is 0.143. The Kier molecular flexibility index (Phi) is 4.28. The van der Waals surface area contributed by atoms with E-state index in [0.717, 1.165) is 28.9 Å². The maximum absolute atomic E-state index is 14.5. The van der Waals surface area contributed by atoms with Crippen LogP contribution in [0.3, 0.4) is 0 Å². The molecule has 152 valence electrons. The van der Waals surface area contributed by atoms with Crippen LogP contribution in [0.1, 0.15) is 12.8 Å². The first kappa shape index (κ1) is 18.7. The Morgan fingerprint density at radius 3 is 2.50 bits per heavy atom. The van der Waals surface area contributed by atoms with Crippen LogP contribution in [0, 0.1) is 11.6 Å². The molecule has 0 unspecified atom stereocenters. The van der Waals surface area contributed by atoms with E-state index in [2.05, 4.69) is 15.3 Å². The van der Waals surface area contributed by atoms with Gasteiger partial charge < -0.3 is 5.32 Å². The van der Waals surface area contributed by atoms with Crippen LogP contribution in [0.25, 0.3) is 22.2 Å². The van der Waals surface area contributed by atoms with Crippen LogP contribution in [-0.4, -0.2) is 28.4 Å². The lowest BCUT2D eigenvalue weighted by Crippen LogP contribution is -2.14. The molecular weight excluding hydrogens is 410 g/mol. The van der Waals surface area contributed by atoms with Crippen LogP contribution in [0.2, 0.25) is 0 Å². The minimum Gasteiger partial charge on any atom is -0.378 e. The van der Waals surface area contributed by atoms with Gasteiger partial charge in [0, 0.05) is 35.6 Å². The number of rotatable bonds is 5. The Morgan fingerprint density at radius 1 is 1.07 bits per heavy atom. The average Bonchev–Trinajstić information content (AvgIpc) is 3.45. The zero-order valence-electron chi connectivity index (χ0n) is 15.6. The minimum absolute atomic E-state index is 0.0286. The van der Waals surface area contributed by atoms with Gasteiger partial charge in [0.1, 0.15) is 5.69 Å². The van der Waals surface area contributed by atoms with Gasteiger partial charge in [0.2, 0.25) is 0 Å². The van der Waals surface area contributed by atoms with Crippen molar-refractivity contribution in [1.82, 2.24) is 13.9 Å². The van der Waals surface area contributed by atoms with E-state index in [4.69, 9.17) is 0 Å². The fourth-order valence-electron chi connectivity index (χ4n) is 3.35. The van der Waals surface area contributed by atoms with E-state index < -0.39 is 26.6 Å². The number of benzene rings is 1. The quantitative estimate of drug-likeness (QED) is 0.518. The summed E-state index contributed by atoms with van der Waals surface area (Å²) in [5.74, 6) is -1.88. The van der Waals surface area contributed by atoms with Crippen molar-refractivity contribution in [2.24, 2.45) is 0 Å². The zero-order chi connectivity index (χ0) is 20.9. The van der Waals surface area contributed by atoms with Gasteiger partial charge in [-0.1, -0.05) is 6.07 Å². The molecule has 0 bridgehead atoms. The summed E-state index contributed by atoms with van der Waals surface area (Å²) < 4.78 is 56.3. The maximum atomic E-state index is 14.5. The minimum atomic E-state index is -4.25. The molecule has 1 N–H and O–H groups in total. The molecule has 0 saturated heterocycles. The molecule has 1 aromatic carbocycles. The van der Waals surface area contributed by atoms with Crippen molar-refractivity contribution in [3.63, 3.8) is 0 Å². The number of hydrogen-bond acceptors (Lipinski definition) is 5. The van der Waals surface area contributed by atoms with Gasteiger partial charge in [0.25, 0.3) is 10.0 Å². The van der Waals surface area contributed by atoms with E-state index in [1.807, 2.05) is 6.07 Å². The maximum Gasteiger partial charge on any atom is 0.268 e. The SMILES string of the molecule is O=S(=O)(c1cc(F)c(NC2CC2)c(F)c1)n1ccc2c(-c3ccccn3)cncc21. The second kappa shape index (κ2) is 6.88. The van der Waals surface area contributed by atoms with Crippen molar-refractivity contribution >= 4 is 26.6 Å². The molecule has 0 amide bonds. The lowest BCUT2D eigenvalue weighted by Gasteiger charge is -2.12. The molecule has 30 heavy (non-hydrogen) atoms. The molecule has 4 aromatic rings. The summed E-state index contributed by atoms with van der Waals surface area (Å²) in [5, 5.41) is 3.36. The summed E-state index contributed by atoms with van der Waals surface area (Å²) in [6.45, 7) is 0. The number of fused-ring (bicyclic) bond motifs is 1. The van der Waals surface area contributed by atoms with Crippen LogP contribution < -0.4 is 5.32 Å². The highest BCUT2D eigenvalue weighted by Crippen LogP contribution is 2.32. The van der Waals surface area contributed by atoms with E-state index in [9.17, 15) is 17.2 Å². The monoisotopic (exact) mass is 426 g/mol. The first-order valence-corrected chi connectivity index (χ1v) is 10.8. The van der Waals surface area contributed by atoms with Crippen molar-refractivity contribution < 1.29 is 17.2 Å².